The van der Waals surface area contributed by atoms with Crippen molar-refractivity contribution in [1.82, 2.24) is 4.98 Å². The molecule has 3 aromatic rings. The van der Waals surface area contributed by atoms with E-state index in [1.165, 1.54) is 12.1 Å². The van der Waals surface area contributed by atoms with Crippen LogP contribution in [0.1, 0.15) is 28.8 Å². The van der Waals surface area contributed by atoms with Crippen LogP contribution in [0.25, 0.3) is 11.1 Å². The summed E-state index contributed by atoms with van der Waals surface area (Å²) >= 11 is 0. The number of rotatable bonds is 7. The lowest BCUT2D eigenvalue weighted by atomic mass is 9.82. The molecular formula is C24H20FNO4. The van der Waals surface area contributed by atoms with E-state index in [0.717, 1.165) is 11.1 Å². The smallest absolute Gasteiger partial charge is 0.309 e. The zero-order valence-electron chi connectivity index (χ0n) is 16.2. The normalized spacial score (nSPS) is 17.6. The first-order valence-electron chi connectivity index (χ1n) is 9.71. The average Bonchev–Trinajstić information content (AvgIpc) is 2.75. The molecule has 5 nitrogen and oxygen atoms in total. The molecule has 1 aliphatic carbocycles. The number of nitrogens with zero attached hydrogens (tertiary/aromatic N) is 1. The van der Waals surface area contributed by atoms with Gasteiger partial charge in [0.25, 0.3) is 0 Å². The van der Waals surface area contributed by atoms with Crippen molar-refractivity contribution in [3.63, 3.8) is 0 Å². The fourth-order valence-corrected chi connectivity index (χ4v) is 3.29. The second-order valence-electron chi connectivity index (χ2n) is 7.24. The number of aromatic nitrogens is 1. The first-order valence-corrected chi connectivity index (χ1v) is 9.71. The maximum atomic E-state index is 13.8. The van der Waals surface area contributed by atoms with Crippen LogP contribution in [-0.4, -0.2) is 23.3 Å². The van der Waals surface area contributed by atoms with Gasteiger partial charge in [0.15, 0.2) is 6.29 Å². The molecule has 1 fully saturated rings. The van der Waals surface area contributed by atoms with Crippen LogP contribution in [0.5, 0.6) is 5.88 Å². The van der Waals surface area contributed by atoms with Crippen molar-refractivity contribution in [3.8, 4) is 17.0 Å². The standard InChI is InChI=1S/C24H20FNO4/c25-22-12-17(6-7-19(22)14-27)18-8-9-23(26-13-18)30-21-10-20(11-21)24(28)29-15-16-4-2-1-3-5-16/h1-9,12-14,20-21H,10-11,15H2. The number of hydrogen-bond donors (Lipinski definition) is 0. The first-order chi connectivity index (χ1) is 14.6. The molecule has 1 saturated carbocycles. The molecule has 0 spiro atoms. The van der Waals surface area contributed by atoms with E-state index in [1.807, 2.05) is 30.3 Å². The van der Waals surface area contributed by atoms with Gasteiger partial charge in [0.1, 0.15) is 18.5 Å². The van der Waals surface area contributed by atoms with Crippen molar-refractivity contribution in [2.24, 2.45) is 5.92 Å². The molecule has 0 saturated heterocycles. The predicted molar refractivity (Wildman–Crippen MR) is 108 cm³/mol. The molecule has 0 aliphatic heterocycles. The molecule has 0 amide bonds. The van der Waals surface area contributed by atoms with Crippen molar-refractivity contribution in [2.75, 3.05) is 0 Å². The van der Waals surface area contributed by atoms with Gasteiger partial charge in [-0.1, -0.05) is 36.4 Å². The van der Waals surface area contributed by atoms with Crippen LogP contribution < -0.4 is 4.74 Å². The van der Waals surface area contributed by atoms with Gasteiger partial charge in [-0.25, -0.2) is 9.37 Å². The van der Waals surface area contributed by atoms with Crippen molar-refractivity contribution in [1.29, 1.82) is 0 Å². The summed E-state index contributed by atoms with van der Waals surface area (Å²) in [7, 11) is 0. The summed E-state index contributed by atoms with van der Waals surface area (Å²) < 4.78 is 24.9. The van der Waals surface area contributed by atoms with Gasteiger partial charge in [-0.2, -0.15) is 0 Å². The van der Waals surface area contributed by atoms with Crippen molar-refractivity contribution in [3.05, 3.63) is 83.8 Å². The Bertz CT molecular complexity index is 1030. The number of benzene rings is 2. The minimum absolute atomic E-state index is 0.0218. The Morgan fingerprint density at radius 3 is 2.50 bits per heavy atom. The molecule has 0 atom stereocenters. The summed E-state index contributed by atoms with van der Waals surface area (Å²) in [5.41, 5.74) is 2.33. The molecule has 0 radical (unpaired) electrons. The number of aldehydes is 1. The number of esters is 1. The highest BCUT2D eigenvalue weighted by molar-refractivity contribution is 5.77. The summed E-state index contributed by atoms with van der Waals surface area (Å²) in [6.07, 6.45) is 3.18. The SMILES string of the molecule is O=Cc1ccc(-c2ccc(OC3CC(C(=O)OCc4ccccc4)C3)nc2)cc1F. The predicted octanol–water partition coefficient (Wildman–Crippen LogP) is 4.60. The molecule has 152 valence electrons. The molecule has 1 aliphatic rings. The van der Waals surface area contributed by atoms with E-state index in [0.29, 0.717) is 30.6 Å². The maximum absolute atomic E-state index is 13.8. The Labute approximate surface area is 173 Å². The molecule has 1 heterocycles. The Balaban J connectivity index is 1.26. The minimum atomic E-state index is -0.567. The van der Waals surface area contributed by atoms with Crippen LogP contribution in [0.15, 0.2) is 66.9 Å². The highest BCUT2D eigenvalue weighted by Crippen LogP contribution is 2.32. The lowest BCUT2D eigenvalue weighted by Gasteiger charge is -2.33. The van der Waals surface area contributed by atoms with E-state index < -0.39 is 5.82 Å². The molecule has 0 unspecified atom stereocenters. The van der Waals surface area contributed by atoms with E-state index in [9.17, 15) is 14.0 Å². The summed E-state index contributed by atoms with van der Waals surface area (Å²) in [6.45, 7) is 0.277. The summed E-state index contributed by atoms with van der Waals surface area (Å²) in [4.78, 5) is 27.1. The Kier molecular flexibility index (Phi) is 5.84. The highest BCUT2D eigenvalue weighted by Gasteiger charge is 2.37. The monoisotopic (exact) mass is 405 g/mol. The van der Waals surface area contributed by atoms with Crippen LogP contribution >= 0.6 is 0 Å². The van der Waals surface area contributed by atoms with Gasteiger partial charge >= 0.3 is 5.97 Å². The third-order valence-electron chi connectivity index (χ3n) is 5.14. The molecule has 1 aromatic heterocycles. The zero-order chi connectivity index (χ0) is 20.9. The number of carbonyl (C=O) groups excluding carboxylic acids is 2. The first kappa shape index (κ1) is 19.8. The summed E-state index contributed by atoms with van der Waals surface area (Å²) in [6, 6.07) is 17.5. The minimum Gasteiger partial charge on any atom is -0.474 e. The quantitative estimate of drug-likeness (QED) is 0.425. The van der Waals surface area contributed by atoms with Crippen LogP contribution in [0.2, 0.25) is 0 Å². The van der Waals surface area contributed by atoms with Gasteiger partial charge < -0.3 is 9.47 Å². The molecule has 0 N–H and O–H groups in total. The van der Waals surface area contributed by atoms with E-state index >= 15 is 0 Å². The number of pyridine rings is 1. The van der Waals surface area contributed by atoms with Crippen LogP contribution in [0, 0.1) is 11.7 Å². The van der Waals surface area contributed by atoms with Gasteiger partial charge in [0, 0.05) is 17.8 Å². The average molecular weight is 405 g/mol. The van der Waals surface area contributed by atoms with Gasteiger partial charge in [0.2, 0.25) is 5.88 Å². The summed E-state index contributed by atoms with van der Waals surface area (Å²) in [5, 5.41) is 0. The second kappa shape index (κ2) is 8.86. The van der Waals surface area contributed by atoms with Gasteiger partial charge in [0.05, 0.1) is 11.5 Å². The maximum Gasteiger partial charge on any atom is 0.309 e. The Morgan fingerprint density at radius 2 is 1.83 bits per heavy atom. The molecular weight excluding hydrogens is 385 g/mol. The van der Waals surface area contributed by atoms with E-state index in [4.69, 9.17) is 9.47 Å². The number of hydrogen-bond acceptors (Lipinski definition) is 5. The lowest BCUT2D eigenvalue weighted by molar-refractivity contribution is -0.156. The largest absolute Gasteiger partial charge is 0.474 e. The molecule has 6 heteroatoms. The van der Waals surface area contributed by atoms with E-state index in [2.05, 4.69) is 4.98 Å². The van der Waals surface area contributed by atoms with Crippen LogP contribution in [0.3, 0.4) is 0 Å². The molecule has 2 aromatic carbocycles. The third kappa shape index (κ3) is 4.54. The molecule has 0 bridgehead atoms. The van der Waals surface area contributed by atoms with Crippen LogP contribution in [0.4, 0.5) is 4.39 Å². The fourth-order valence-electron chi connectivity index (χ4n) is 3.29. The number of carbonyl (C=O) groups is 2. The van der Waals surface area contributed by atoms with Gasteiger partial charge in [-0.15, -0.1) is 0 Å². The highest BCUT2D eigenvalue weighted by atomic mass is 19.1. The Morgan fingerprint density at radius 1 is 1.07 bits per heavy atom. The van der Waals surface area contributed by atoms with Crippen molar-refractivity contribution < 1.29 is 23.5 Å². The molecule has 4 rings (SSSR count). The fraction of sp³-hybridized carbons (Fsp3) is 0.208. The van der Waals surface area contributed by atoms with Gasteiger partial charge in [-0.3, -0.25) is 9.59 Å². The number of halogens is 1. The zero-order valence-corrected chi connectivity index (χ0v) is 16.2. The Hall–Kier alpha value is -3.54. The number of ether oxygens (including phenoxy) is 2. The van der Waals surface area contributed by atoms with Crippen molar-refractivity contribution >= 4 is 12.3 Å². The van der Waals surface area contributed by atoms with Crippen LogP contribution in [-0.2, 0) is 16.1 Å². The van der Waals surface area contributed by atoms with E-state index in [-0.39, 0.29) is 30.2 Å². The molecule has 30 heavy (non-hydrogen) atoms. The van der Waals surface area contributed by atoms with Gasteiger partial charge in [-0.05, 0) is 42.2 Å². The summed E-state index contributed by atoms with van der Waals surface area (Å²) in [5.74, 6) is -0.479. The topological polar surface area (TPSA) is 65.5 Å². The second-order valence-corrected chi connectivity index (χ2v) is 7.24. The third-order valence-corrected chi connectivity index (χ3v) is 5.14. The van der Waals surface area contributed by atoms with Crippen molar-refractivity contribution in [2.45, 2.75) is 25.6 Å². The lowest BCUT2D eigenvalue weighted by Crippen LogP contribution is -2.39. The van der Waals surface area contributed by atoms with E-state index in [1.54, 1.807) is 24.4 Å².